The van der Waals surface area contributed by atoms with Gasteiger partial charge in [-0.15, -0.1) is 0 Å². The van der Waals surface area contributed by atoms with Crippen LogP contribution in [0.2, 0.25) is 0 Å². The van der Waals surface area contributed by atoms with E-state index >= 15 is 0 Å². The van der Waals surface area contributed by atoms with Gasteiger partial charge in [0.05, 0.1) is 19.3 Å². The molecule has 4 atom stereocenters. The van der Waals surface area contributed by atoms with Crippen molar-refractivity contribution in [3.63, 3.8) is 0 Å². The van der Waals surface area contributed by atoms with Crippen molar-refractivity contribution in [3.05, 3.63) is 18.2 Å². The maximum Gasteiger partial charge on any atom is 0.290 e. The van der Waals surface area contributed by atoms with Gasteiger partial charge in [-0.2, -0.15) is 0 Å². The number of nitrogens with zero attached hydrogens (tertiary/aromatic N) is 1. The average Bonchev–Trinajstić information content (AvgIpc) is 3.40. The van der Waals surface area contributed by atoms with Crippen molar-refractivity contribution >= 4 is 6.47 Å². The summed E-state index contributed by atoms with van der Waals surface area (Å²) in [5.41, 5.74) is 0. The Labute approximate surface area is 181 Å². The summed E-state index contributed by atoms with van der Waals surface area (Å²) >= 11 is 0. The van der Waals surface area contributed by atoms with Crippen LogP contribution < -0.4 is 14.2 Å². The molecule has 3 aliphatic heterocycles. The molecule has 0 aromatic heterocycles. The van der Waals surface area contributed by atoms with Gasteiger partial charge in [0, 0.05) is 32.1 Å². The predicted molar refractivity (Wildman–Crippen MR) is 109 cm³/mol. The Bertz CT molecular complexity index is 725. The molecule has 3 fully saturated rings. The molecule has 2 N–H and O–H groups in total. The van der Waals surface area contributed by atoms with Crippen molar-refractivity contribution in [1.29, 1.82) is 0 Å². The SMILES string of the molecule is O=CO.O[C@@H]1C[C@H]2CN(CCC3OCCCO3)C[C@H]2C[C@H]1Oc1ccc2c(c1)OCO2. The monoisotopic (exact) mass is 437 g/mol. The third-order valence-corrected chi connectivity index (χ3v) is 6.37. The minimum Gasteiger partial charge on any atom is -0.488 e. The van der Waals surface area contributed by atoms with Gasteiger partial charge >= 0.3 is 0 Å². The van der Waals surface area contributed by atoms with E-state index in [-0.39, 0.29) is 25.7 Å². The quantitative estimate of drug-likeness (QED) is 0.666. The molecule has 0 bridgehead atoms. The number of likely N-dealkylation sites (tertiary alicyclic amines) is 1. The molecular formula is C22H31NO8. The number of ether oxygens (including phenoxy) is 5. The summed E-state index contributed by atoms with van der Waals surface area (Å²) in [6.45, 7) is 4.71. The lowest BCUT2D eigenvalue weighted by Gasteiger charge is -2.35. The number of rotatable bonds is 5. The molecule has 0 amide bonds. The zero-order valence-corrected chi connectivity index (χ0v) is 17.6. The molecule has 4 aliphatic rings. The first-order valence-corrected chi connectivity index (χ1v) is 10.9. The predicted octanol–water partition coefficient (Wildman–Crippen LogP) is 1.72. The summed E-state index contributed by atoms with van der Waals surface area (Å²) in [7, 11) is 0. The third kappa shape index (κ3) is 5.60. The Balaban J connectivity index is 0.000000730. The Morgan fingerprint density at radius 3 is 2.58 bits per heavy atom. The van der Waals surface area contributed by atoms with E-state index in [2.05, 4.69) is 4.90 Å². The van der Waals surface area contributed by atoms with Gasteiger partial charge in [-0.1, -0.05) is 0 Å². The van der Waals surface area contributed by atoms with Crippen molar-refractivity contribution in [2.75, 3.05) is 39.6 Å². The van der Waals surface area contributed by atoms with Gasteiger partial charge in [-0.05, 0) is 43.2 Å². The van der Waals surface area contributed by atoms with Gasteiger partial charge in [0.2, 0.25) is 6.79 Å². The van der Waals surface area contributed by atoms with E-state index in [0.717, 1.165) is 70.0 Å². The molecule has 0 spiro atoms. The number of carbonyl (C=O) groups is 1. The average molecular weight is 437 g/mol. The van der Waals surface area contributed by atoms with Crippen LogP contribution in [-0.2, 0) is 14.3 Å². The fourth-order valence-corrected chi connectivity index (χ4v) is 4.91. The van der Waals surface area contributed by atoms with Gasteiger partial charge in [0.15, 0.2) is 17.8 Å². The first kappa shape index (κ1) is 22.1. The molecule has 1 aliphatic carbocycles. The Morgan fingerprint density at radius 2 is 1.81 bits per heavy atom. The lowest BCUT2D eigenvalue weighted by molar-refractivity contribution is -0.182. The van der Waals surface area contributed by atoms with Crippen molar-refractivity contribution in [2.24, 2.45) is 11.8 Å². The second-order valence-electron chi connectivity index (χ2n) is 8.41. The van der Waals surface area contributed by atoms with E-state index in [1.165, 1.54) is 0 Å². The Morgan fingerprint density at radius 1 is 1.10 bits per heavy atom. The van der Waals surface area contributed by atoms with E-state index in [1.54, 1.807) is 0 Å². The zero-order chi connectivity index (χ0) is 21.6. The molecule has 9 nitrogen and oxygen atoms in total. The van der Waals surface area contributed by atoms with E-state index in [9.17, 15) is 5.11 Å². The minimum absolute atomic E-state index is 0.0518. The molecular weight excluding hydrogens is 406 g/mol. The van der Waals surface area contributed by atoms with Crippen molar-refractivity contribution < 1.29 is 38.7 Å². The lowest BCUT2D eigenvalue weighted by Crippen LogP contribution is -2.42. The van der Waals surface area contributed by atoms with Crippen LogP contribution in [0.4, 0.5) is 0 Å². The normalized spacial score (nSPS) is 30.2. The second kappa shape index (κ2) is 10.5. The Hall–Kier alpha value is -2.07. The molecule has 1 saturated carbocycles. The van der Waals surface area contributed by atoms with E-state index in [4.69, 9.17) is 33.6 Å². The van der Waals surface area contributed by atoms with Crippen molar-refractivity contribution in [2.45, 2.75) is 44.2 Å². The van der Waals surface area contributed by atoms with Crippen LogP contribution in [0.15, 0.2) is 18.2 Å². The topological polar surface area (TPSA) is 107 Å². The van der Waals surface area contributed by atoms with Crippen LogP contribution in [0.25, 0.3) is 0 Å². The van der Waals surface area contributed by atoms with Crippen LogP contribution >= 0.6 is 0 Å². The van der Waals surface area contributed by atoms with E-state index in [0.29, 0.717) is 17.6 Å². The number of benzene rings is 1. The highest BCUT2D eigenvalue weighted by atomic mass is 16.7. The van der Waals surface area contributed by atoms with E-state index < -0.39 is 6.10 Å². The molecule has 0 radical (unpaired) electrons. The van der Waals surface area contributed by atoms with Gasteiger partial charge in [-0.25, -0.2) is 0 Å². The highest BCUT2D eigenvalue weighted by Gasteiger charge is 2.42. The number of aliphatic hydroxyl groups excluding tert-OH is 1. The van der Waals surface area contributed by atoms with Crippen LogP contribution in [0.5, 0.6) is 17.2 Å². The summed E-state index contributed by atoms with van der Waals surface area (Å²) in [6.07, 6.45) is 2.93. The van der Waals surface area contributed by atoms with Crippen LogP contribution in [-0.4, -0.2) is 79.7 Å². The molecule has 1 aromatic rings. The molecule has 0 unspecified atom stereocenters. The van der Waals surface area contributed by atoms with Gasteiger partial charge < -0.3 is 38.8 Å². The molecule has 5 rings (SSSR count). The minimum atomic E-state index is -0.434. The maximum absolute atomic E-state index is 10.7. The van der Waals surface area contributed by atoms with Crippen LogP contribution in [0.1, 0.15) is 25.7 Å². The fourth-order valence-electron chi connectivity index (χ4n) is 4.91. The molecule has 3 heterocycles. The summed E-state index contributed by atoms with van der Waals surface area (Å²) in [5.74, 6) is 3.29. The first-order valence-electron chi connectivity index (χ1n) is 10.9. The standard InChI is InChI=1S/C21H29NO6.CH2O2/c23-17-8-14-11-22(5-4-21-24-6-1-7-25-21)12-15(14)9-19(17)28-16-2-3-18-20(10-16)27-13-26-18;2-1-3/h2-3,10,14-15,17,19,21,23H,1,4-9,11-13H2;1H,(H,2,3)/t14-,15+,17+,19+;/m0./s1. The lowest BCUT2D eigenvalue weighted by atomic mass is 9.78. The van der Waals surface area contributed by atoms with Crippen LogP contribution in [0, 0.1) is 11.8 Å². The van der Waals surface area contributed by atoms with E-state index in [1.807, 2.05) is 18.2 Å². The number of hydrogen-bond donors (Lipinski definition) is 2. The number of fused-ring (bicyclic) bond motifs is 2. The number of hydrogen-bond acceptors (Lipinski definition) is 8. The third-order valence-electron chi connectivity index (χ3n) is 6.37. The Kier molecular flexibility index (Phi) is 7.49. The largest absolute Gasteiger partial charge is 0.488 e. The smallest absolute Gasteiger partial charge is 0.290 e. The summed E-state index contributed by atoms with van der Waals surface area (Å²) in [4.78, 5) is 10.9. The number of aliphatic hydroxyl groups is 1. The molecule has 31 heavy (non-hydrogen) atoms. The highest BCUT2D eigenvalue weighted by Crippen LogP contribution is 2.40. The molecule has 172 valence electrons. The van der Waals surface area contributed by atoms with Crippen LogP contribution in [0.3, 0.4) is 0 Å². The number of carboxylic acid groups (broad SMARTS) is 1. The van der Waals surface area contributed by atoms with Gasteiger partial charge in [-0.3, -0.25) is 4.79 Å². The van der Waals surface area contributed by atoms with Gasteiger partial charge in [0.1, 0.15) is 11.9 Å². The summed E-state index contributed by atoms with van der Waals surface area (Å²) < 4.78 is 28.2. The molecule has 1 aromatic carbocycles. The summed E-state index contributed by atoms with van der Waals surface area (Å²) in [5, 5.41) is 17.5. The highest BCUT2D eigenvalue weighted by molar-refractivity contribution is 5.47. The molecule has 2 saturated heterocycles. The maximum atomic E-state index is 10.7. The first-order chi connectivity index (χ1) is 15.2. The second-order valence-corrected chi connectivity index (χ2v) is 8.41. The van der Waals surface area contributed by atoms with Crippen molar-refractivity contribution in [3.8, 4) is 17.2 Å². The molecule has 9 heteroatoms. The van der Waals surface area contributed by atoms with Crippen molar-refractivity contribution in [1.82, 2.24) is 4.90 Å². The van der Waals surface area contributed by atoms with Gasteiger partial charge in [0.25, 0.3) is 6.47 Å². The fraction of sp³-hybridized carbons (Fsp3) is 0.682. The zero-order valence-electron chi connectivity index (χ0n) is 17.6. The summed E-state index contributed by atoms with van der Waals surface area (Å²) in [6, 6.07) is 5.60.